The van der Waals surface area contributed by atoms with E-state index in [0.717, 1.165) is 37.2 Å². The van der Waals surface area contributed by atoms with Crippen molar-refractivity contribution in [3.05, 3.63) is 23.5 Å². The highest BCUT2D eigenvalue weighted by Gasteiger charge is 2.31. The van der Waals surface area contributed by atoms with Crippen LogP contribution in [0.4, 0.5) is 10.1 Å². The summed E-state index contributed by atoms with van der Waals surface area (Å²) >= 11 is 0. The van der Waals surface area contributed by atoms with Crippen molar-refractivity contribution < 1.29 is 13.9 Å². The molecule has 2 aliphatic heterocycles. The number of primary amides is 1. The summed E-state index contributed by atoms with van der Waals surface area (Å²) < 4.78 is 19.3. The van der Waals surface area contributed by atoms with E-state index in [-0.39, 0.29) is 17.8 Å². The predicted molar refractivity (Wildman–Crippen MR) is 74.3 cm³/mol. The first-order valence-corrected chi connectivity index (χ1v) is 7.06. The lowest BCUT2D eigenvalue weighted by Crippen LogP contribution is -2.23. The number of carbonyl (C=O) groups excluding carboxylic acids is 1. The molecule has 0 aromatic heterocycles. The van der Waals surface area contributed by atoms with Crippen molar-refractivity contribution in [2.75, 3.05) is 18.0 Å². The Hall–Kier alpha value is -1.78. The minimum atomic E-state index is -0.291. The highest BCUT2D eigenvalue weighted by atomic mass is 19.1. The highest BCUT2D eigenvalue weighted by Crippen LogP contribution is 2.40. The average Bonchev–Trinajstić information content (AvgIpc) is 2.96. The number of benzene rings is 1. The van der Waals surface area contributed by atoms with Crippen LogP contribution in [0, 0.1) is 11.7 Å². The van der Waals surface area contributed by atoms with Gasteiger partial charge in [0.25, 0.3) is 0 Å². The molecular weight excluding hydrogens is 259 g/mol. The summed E-state index contributed by atoms with van der Waals surface area (Å²) in [5, 5.41) is 0. The van der Waals surface area contributed by atoms with Crippen molar-refractivity contribution in [3.8, 4) is 5.75 Å². The van der Waals surface area contributed by atoms with Crippen molar-refractivity contribution in [1.82, 2.24) is 0 Å². The SMILES string of the molecule is CC1Cc2c(N3CC[C@@H](CC(N)=O)C3)ccc(F)c2O1. The number of hydrogen-bond acceptors (Lipinski definition) is 3. The maximum atomic E-state index is 13.8. The van der Waals surface area contributed by atoms with Crippen LogP contribution in [0.2, 0.25) is 0 Å². The topological polar surface area (TPSA) is 55.6 Å². The fourth-order valence-corrected chi connectivity index (χ4v) is 3.24. The summed E-state index contributed by atoms with van der Waals surface area (Å²) in [6.45, 7) is 3.63. The molecule has 0 saturated carbocycles. The van der Waals surface area contributed by atoms with E-state index in [2.05, 4.69) is 4.90 Å². The molecule has 5 heteroatoms. The summed E-state index contributed by atoms with van der Waals surface area (Å²) in [7, 11) is 0. The van der Waals surface area contributed by atoms with E-state index in [1.54, 1.807) is 0 Å². The third-order valence-electron chi connectivity index (χ3n) is 4.11. The molecule has 2 heterocycles. The number of anilines is 1. The van der Waals surface area contributed by atoms with E-state index < -0.39 is 0 Å². The molecule has 108 valence electrons. The first-order valence-electron chi connectivity index (χ1n) is 7.06. The molecule has 0 aliphatic carbocycles. The number of nitrogens with two attached hydrogens (primary N) is 1. The zero-order chi connectivity index (χ0) is 14.3. The Labute approximate surface area is 117 Å². The van der Waals surface area contributed by atoms with Crippen molar-refractivity contribution in [1.29, 1.82) is 0 Å². The van der Waals surface area contributed by atoms with Crippen LogP contribution in [0.25, 0.3) is 0 Å². The first-order chi connectivity index (χ1) is 9.54. The second kappa shape index (κ2) is 4.96. The zero-order valence-corrected chi connectivity index (χ0v) is 11.6. The molecule has 1 saturated heterocycles. The molecule has 1 aromatic rings. The van der Waals surface area contributed by atoms with Gasteiger partial charge in [-0.2, -0.15) is 0 Å². The van der Waals surface area contributed by atoms with Gasteiger partial charge in [0.1, 0.15) is 6.10 Å². The Morgan fingerprint density at radius 2 is 2.35 bits per heavy atom. The molecule has 2 atom stereocenters. The number of amides is 1. The quantitative estimate of drug-likeness (QED) is 0.918. The minimum absolute atomic E-state index is 0.0182. The number of carbonyl (C=O) groups is 1. The summed E-state index contributed by atoms with van der Waals surface area (Å²) in [4.78, 5) is 13.2. The maximum Gasteiger partial charge on any atom is 0.217 e. The molecule has 1 unspecified atom stereocenters. The van der Waals surface area contributed by atoms with Crippen LogP contribution < -0.4 is 15.4 Å². The van der Waals surface area contributed by atoms with Gasteiger partial charge in [-0.05, 0) is 31.4 Å². The number of fused-ring (bicyclic) bond motifs is 1. The second-order valence-electron chi connectivity index (χ2n) is 5.78. The Morgan fingerprint density at radius 3 is 3.10 bits per heavy atom. The van der Waals surface area contributed by atoms with E-state index in [1.165, 1.54) is 6.07 Å². The monoisotopic (exact) mass is 278 g/mol. The van der Waals surface area contributed by atoms with Crippen LogP contribution in [0.1, 0.15) is 25.3 Å². The van der Waals surface area contributed by atoms with E-state index in [4.69, 9.17) is 10.5 Å². The zero-order valence-electron chi connectivity index (χ0n) is 11.6. The second-order valence-corrected chi connectivity index (χ2v) is 5.78. The molecule has 1 fully saturated rings. The van der Waals surface area contributed by atoms with Gasteiger partial charge >= 0.3 is 0 Å². The molecule has 0 spiro atoms. The number of rotatable bonds is 3. The molecule has 20 heavy (non-hydrogen) atoms. The summed E-state index contributed by atoms with van der Waals surface area (Å²) in [5.41, 5.74) is 7.25. The van der Waals surface area contributed by atoms with Crippen LogP contribution in [-0.2, 0) is 11.2 Å². The van der Waals surface area contributed by atoms with Crippen LogP contribution in [0.15, 0.2) is 12.1 Å². The molecule has 0 radical (unpaired) electrons. The predicted octanol–water partition coefficient (Wildman–Crippen LogP) is 1.85. The molecule has 4 nitrogen and oxygen atoms in total. The first kappa shape index (κ1) is 13.2. The molecule has 3 rings (SSSR count). The molecular formula is C15H19FN2O2. The lowest BCUT2D eigenvalue weighted by atomic mass is 10.0. The van der Waals surface area contributed by atoms with Crippen molar-refractivity contribution in [3.63, 3.8) is 0 Å². The lowest BCUT2D eigenvalue weighted by molar-refractivity contribution is -0.118. The Morgan fingerprint density at radius 1 is 1.55 bits per heavy atom. The van der Waals surface area contributed by atoms with Crippen LogP contribution in [-0.4, -0.2) is 25.1 Å². The fourth-order valence-electron chi connectivity index (χ4n) is 3.24. The van der Waals surface area contributed by atoms with E-state index in [1.807, 2.05) is 13.0 Å². The molecule has 1 amide bonds. The average molecular weight is 278 g/mol. The Bertz CT molecular complexity index is 547. The van der Waals surface area contributed by atoms with Gasteiger partial charge in [-0.15, -0.1) is 0 Å². The minimum Gasteiger partial charge on any atom is -0.487 e. The van der Waals surface area contributed by atoms with Crippen molar-refractivity contribution >= 4 is 11.6 Å². The van der Waals surface area contributed by atoms with E-state index in [9.17, 15) is 9.18 Å². The Balaban J connectivity index is 1.83. The van der Waals surface area contributed by atoms with Gasteiger partial charge in [0.05, 0.1) is 0 Å². The van der Waals surface area contributed by atoms with Crippen LogP contribution in [0.5, 0.6) is 5.75 Å². The third kappa shape index (κ3) is 2.32. The molecule has 2 aliphatic rings. The maximum absolute atomic E-state index is 13.8. The summed E-state index contributed by atoms with van der Waals surface area (Å²) in [6.07, 6.45) is 2.13. The van der Waals surface area contributed by atoms with E-state index >= 15 is 0 Å². The normalized spacial score (nSPS) is 24.6. The van der Waals surface area contributed by atoms with Gasteiger partial charge in [-0.1, -0.05) is 0 Å². The Kier molecular flexibility index (Phi) is 3.28. The summed E-state index contributed by atoms with van der Waals surface area (Å²) in [6, 6.07) is 3.29. The number of nitrogens with zero attached hydrogens (tertiary/aromatic N) is 1. The number of hydrogen-bond donors (Lipinski definition) is 1. The lowest BCUT2D eigenvalue weighted by Gasteiger charge is -2.21. The van der Waals surface area contributed by atoms with Crippen LogP contribution >= 0.6 is 0 Å². The number of halogens is 1. The molecule has 2 N–H and O–H groups in total. The van der Waals surface area contributed by atoms with Gasteiger partial charge in [0.15, 0.2) is 11.6 Å². The van der Waals surface area contributed by atoms with Gasteiger partial charge in [-0.3, -0.25) is 4.79 Å². The van der Waals surface area contributed by atoms with E-state index in [0.29, 0.717) is 18.1 Å². The standard InChI is InChI=1S/C15H19FN2O2/c1-9-6-11-13(3-2-12(16)15(11)20-9)18-5-4-10(8-18)7-14(17)19/h2-3,9-10H,4-8H2,1H3,(H2,17,19)/t9?,10-/m0/s1. The largest absolute Gasteiger partial charge is 0.487 e. The van der Waals surface area contributed by atoms with Gasteiger partial charge < -0.3 is 15.4 Å². The van der Waals surface area contributed by atoms with Gasteiger partial charge in [0.2, 0.25) is 5.91 Å². The van der Waals surface area contributed by atoms with Crippen LogP contribution in [0.3, 0.4) is 0 Å². The third-order valence-corrected chi connectivity index (χ3v) is 4.11. The van der Waals surface area contributed by atoms with Gasteiger partial charge in [0, 0.05) is 37.2 Å². The molecule has 1 aromatic carbocycles. The fraction of sp³-hybridized carbons (Fsp3) is 0.533. The smallest absolute Gasteiger partial charge is 0.217 e. The summed E-state index contributed by atoms with van der Waals surface area (Å²) in [5.74, 6) is 0.153. The van der Waals surface area contributed by atoms with Crippen molar-refractivity contribution in [2.24, 2.45) is 11.7 Å². The highest BCUT2D eigenvalue weighted by molar-refractivity contribution is 5.74. The van der Waals surface area contributed by atoms with Gasteiger partial charge in [-0.25, -0.2) is 4.39 Å². The number of ether oxygens (including phenoxy) is 1. The van der Waals surface area contributed by atoms with Crippen molar-refractivity contribution in [2.45, 2.75) is 32.3 Å². The molecule has 0 bridgehead atoms.